The van der Waals surface area contributed by atoms with E-state index in [0.717, 1.165) is 23.4 Å². The second-order valence-electron chi connectivity index (χ2n) is 7.19. The van der Waals surface area contributed by atoms with E-state index < -0.39 is 23.9 Å². The third-order valence-electron chi connectivity index (χ3n) is 4.83. The van der Waals surface area contributed by atoms with Gasteiger partial charge in [0.1, 0.15) is 12.6 Å². The Bertz CT molecular complexity index is 896. The van der Waals surface area contributed by atoms with Gasteiger partial charge < -0.3 is 15.0 Å². The number of benzene rings is 2. The number of nitrogens with one attached hydrogen (secondary N) is 1. The number of cyclic esters (lactones) is 1. The number of anilines is 1. The molecule has 1 aliphatic rings. The van der Waals surface area contributed by atoms with Crippen LogP contribution in [0.1, 0.15) is 16.7 Å². The number of rotatable bonds is 6. The minimum Gasteiger partial charge on any atom is -0.447 e. The lowest BCUT2D eigenvalue weighted by Gasteiger charge is -2.21. The molecule has 0 unspecified atom stereocenters. The van der Waals surface area contributed by atoms with E-state index in [9.17, 15) is 22.8 Å². The second-order valence-corrected chi connectivity index (χ2v) is 7.19. The van der Waals surface area contributed by atoms with Gasteiger partial charge in [0.05, 0.1) is 12.1 Å². The zero-order valence-electron chi connectivity index (χ0n) is 16.6. The minimum atomic E-state index is -4.43. The maximum Gasteiger partial charge on any atom is 0.416 e. The van der Waals surface area contributed by atoms with Gasteiger partial charge in [0.15, 0.2) is 0 Å². The number of nitrogens with zero attached hydrogens (tertiary/aromatic N) is 2. The molecule has 1 atom stereocenters. The van der Waals surface area contributed by atoms with Crippen LogP contribution in [0.4, 0.5) is 23.7 Å². The lowest BCUT2D eigenvalue weighted by molar-refractivity contribution is -0.137. The van der Waals surface area contributed by atoms with Gasteiger partial charge in [-0.05, 0) is 35.4 Å². The van der Waals surface area contributed by atoms with Crippen molar-refractivity contribution < 1.29 is 27.5 Å². The molecule has 1 saturated heterocycles. The molecule has 1 aliphatic heterocycles. The zero-order chi connectivity index (χ0) is 21.9. The molecule has 2 aromatic carbocycles. The van der Waals surface area contributed by atoms with E-state index in [4.69, 9.17) is 4.74 Å². The molecule has 0 spiro atoms. The summed E-state index contributed by atoms with van der Waals surface area (Å²) in [4.78, 5) is 27.8. The molecule has 1 heterocycles. The van der Waals surface area contributed by atoms with Crippen molar-refractivity contribution in [2.45, 2.75) is 25.3 Å². The van der Waals surface area contributed by atoms with Gasteiger partial charge in [-0.1, -0.05) is 24.3 Å². The molecule has 2 amide bonds. The molecule has 6 nitrogen and oxygen atoms in total. The topological polar surface area (TPSA) is 61.9 Å². The Morgan fingerprint density at radius 1 is 1.10 bits per heavy atom. The highest BCUT2D eigenvalue weighted by Gasteiger charge is 2.38. The smallest absolute Gasteiger partial charge is 0.416 e. The summed E-state index contributed by atoms with van der Waals surface area (Å²) in [6.45, 7) is 0.156. The lowest BCUT2D eigenvalue weighted by Crippen LogP contribution is -2.45. The average Bonchev–Trinajstić information content (AvgIpc) is 3.06. The van der Waals surface area contributed by atoms with Crippen LogP contribution in [0.5, 0.6) is 0 Å². The molecular formula is C21H22F3N3O3. The van der Waals surface area contributed by atoms with Gasteiger partial charge >= 0.3 is 12.3 Å². The van der Waals surface area contributed by atoms with E-state index in [-0.39, 0.29) is 25.6 Å². The highest BCUT2D eigenvalue weighted by Crippen LogP contribution is 2.29. The highest BCUT2D eigenvalue weighted by atomic mass is 19.4. The first kappa shape index (κ1) is 21.5. The molecule has 1 N–H and O–H groups in total. The Hall–Kier alpha value is -3.23. The van der Waals surface area contributed by atoms with Gasteiger partial charge in [-0.25, -0.2) is 4.79 Å². The fraction of sp³-hybridized carbons (Fsp3) is 0.333. The molecule has 9 heteroatoms. The van der Waals surface area contributed by atoms with Crippen LogP contribution >= 0.6 is 0 Å². The molecule has 2 aromatic rings. The van der Waals surface area contributed by atoms with Crippen LogP contribution in [0.2, 0.25) is 0 Å². The van der Waals surface area contributed by atoms with Crippen molar-refractivity contribution in [3.63, 3.8) is 0 Å². The van der Waals surface area contributed by atoms with Crippen LogP contribution < -0.4 is 10.2 Å². The van der Waals surface area contributed by atoms with Crippen LogP contribution in [0.3, 0.4) is 0 Å². The zero-order valence-corrected chi connectivity index (χ0v) is 16.6. The van der Waals surface area contributed by atoms with Crippen molar-refractivity contribution >= 4 is 17.7 Å². The molecule has 0 bridgehead atoms. The predicted molar refractivity (Wildman–Crippen MR) is 105 cm³/mol. The lowest BCUT2D eigenvalue weighted by atomic mass is 10.1. The number of amides is 2. The third kappa shape index (κ3) is 5.03. The number of carbonyl (C=O) groups is 2. The van der Waals surface area contributed by atoms with Crippen molar-refractivity contribution in [3.05, 3.63) is 65.2 Å². The number of hydrogen-bond donors (Lipinski definition) is 1. The monoisotopic (exact) mass is 421 g/mol. The van der Waals surface area contributed by atoms with Crippen molar-refractivity contribution in [2.75, 3.05) is 25.6 Å². The number of alkyl halides is 3. The Kier molecular flexibility index (Phi) is 6.19. The summed E-state index contributed by atoms with van der Waals surface area (Å²) in [5, 5.41) is 2.78. The summed E-state index contributed by atoms with van der Waals surface area (Å²) < 4.78 is 43.1. The molecule has 0 radical (unpaired) electrons. The Morgan fingerprint density at radius 3 is 2.27 bits per heavy atom. The molecule has 0 saturated carbocycles. The fourth-order valence-electron chi connectivity index (χ4n) is 3.06. The fourth-order valence-corrected chi connectivity index (χ4v) is 3.06. The Morgan fingerprint density at radius 2 is 1.70 bits per heavy atom. The van der Waals surface area contributed by atoms with Gasteiger partial charge in [-0.2, -0.15) is 13.2 Å². The number of carbonyl (C=O) groups excluding carboxylic acids is 2. The van der Waals surface area contributed by atoms with Crippen molar-refractivity contribution in [2.24, 2.45) is 0 Å². The van der Waals surface area contributed by atoms with Crippen LogP contribution in [0.15, 0.2) is 48.5 Å². The van der Waals surface area contributed by atoms with E-state index in [1.165, 1.54) is 17.0 Å². The van der Waals surface area contributed by atoms with Gasteiger partial charge in [-0.3, -0.25) is 9.69 Å². The maximum atomic E-state index is 12.7. The summed E-state index contributed by atoms with van der Waals surface area (Å²) in [7, 11) is 3.86. The molecule has 30 heavy (non-hydrogen) atoms. The summed E-state index contributed by atoms with van der Waals surface area (Å²) >= 11 is 0. The van der Waals surface area contributed by atoms with E-state index in [1.54, 1.807) is 0 Å². The first-order valence-electron chi connectivity index (χ1n) is 9.28. The largest absolute Gasteiger partial charge is 0.447 e. The third-order valence-corrected chi connectivity index (χ3v) is 4.83. The van der Waals surface area contributed by atoms with Crippen molar-refractivity contribution in [1.82, 2.24) is 10.2 Å². The Labute approximate surface area is 172 Å². The van der Waals surface area contributed by atoms with Crippen LogP contribution in [0.25, 0.3) is 0 Å². The van der Waals surface area contributed by atoms with Crippen LogP contribution in [-0.2, 0) is 28.8 Å². The Balaban J connectivity index is 1.61. The molecule has 1 fully saturated rings. The SMILES string of the molecule is CN(C)c1ccc(CNC(=O)[C@@H]2COC(=O)N2Cc2ccc(C(F)(F)F)cc2)cc1. The highest BCUT2D eigenvalue weighted by molar-refractivity contribution is 5.87. The molecule has 0 aromatic heterocycles. The van der Waals surface area contributed by atoms with E-state index in [0.29, 0.717) is 5.56 Å². The van der Waals surface area contributed by atoms with Gasteiger partial charge in [0.2, 0.25) is 5.91 Å². The standard InChI is InChI=1S/C21H22F3N3O3/c1-26(2)17-9-5-14(6-10-17)11-25-19(28)18-13-30-20(29)27(18)12-15-3-7-16(8-4-15)21(22,23)24/h3-10,18H,11-13H2,1-2H3,(H,25,28)/t18-/m0/s1. The molecule has 3 rings (SSSR count). The summed E-state index contributed by atoms with van der Waals surface area (Å²) in [5.74, 6) is -0.385. The van der Waals surface area contributed by atoms with E-state index in [2.05, 4.69) is 5.32 Å². The van der Waals surface area contributed by atoms with E-state index in [1.807, 2.05) is 43.3 Å². The van der Waals surface area contributed by atoms with Gasteiger partial charge in [0, 0.05) is 26.3 Å². The quantitative estimate of drug-likeness (QED) is 0.777. The maximum absolute atomic E-state index is 12.7. The summed E-state index contributed by atoms with van der Waals surface area (Å²) in [6.07, 6.45) is -5.11. The van der Waals surface area contributed by atoms with Gasteiger partial charge in [0.25, 0.3) is 0 Å². The molecule has 0 aliphatic carbocycles. The summed E-state index contributed by atoms with van der Waals surface area (Å²) in [5.41, 5.74) is 1.62. The average molecular weight is 421 g/mol. The molecule has 160 valence electrons. The van der Waals surface area contributed by atoms with Crippen LogP contribution in [-0.4, -0.2) is 43.6 Å². The predicted octanol–water partition coefficient (Wildman–Crippen LogP) is 3.41. The minimum absolute atomic E-state index is 0.0212. The number of halogens is 3. The summed E-state index contributed by atoms with van der Waals surface area (Å²) in [6, 6.07) is 11.3. The second kappa shape index (κ2) is 8.64. The first-order valence-corrected chi connectivity index (χ1v) is 9.28. The van der Waals surface area contributed by atoms with Crippen molar-refractivity contribution in [3.8, 4) is 0 Å². The number of hydrogen-bond acceptors (Lipinski definition) is 4. The number of ether oxygens (including phenoxy) is 1. The molecular weight excluding hydrogens is 399 g/mol. The van der Waals surface area contributed by atoms with Gasteiger partial charge in [-0.15, -0.1) is 0 Å². The van der Waals surface area contributed by atoms with Crippen LogP contribution in [0, 0.1) is 0 Å². The van der Waals surface area contributed by atoms with Crippen molar-refractivity contribution in [1.29, 1.82) is 0 Å². The van der Waals surface area contributed by atoms with E-state index >= 15 is 0 Å². The first-order chi connectivity index (χ1) is 14.1. The normalized spacial score (nSPS) is 16.4.